The van der Waals surface area contributed by atoms with Gasteiger partial charge in [0.1, 0.15) is 0 Å². The lowest BCUT2D eigenvalue weighted by Crippen LogP contribution is -2.14. The average molecular weight is 367 g/mol. The monoisotopic (exact) mass is 366 g/mol. The summed E-state index contributed by atoms with van der Waals surface area (Å²) in [7, 11) is -2.50. The van der Waals surface area contributed by atoms with Crippen molar-refractivity contribution in [1.82, 2.24) is 14.5 Å². The van der Waals surface area contributed by atoms with Crippen LogP contribution < -0.4 is 4.72 Å². The summed E-state index contributed by atoms with van der Waals surface area (Å²) < 4.78 is 28.6. The van der Waals surface area contributed by atoms with E-state index in [2.05, 4.69) is 14.7 Å². The lowest BCUT2D eigenvalue weighted by molar-refractivity contribution is 0.0697. The van der Waals surface area contributed by atoms with E-state index in [1.54, 1.807) is 19.2 Å². The van der Waals surface area contributed by atoms with Crippen LogP contribution in [-0.4, -0.2) is 34.0 Å². The number of carboxylic acids is 1. The number of hydrogen-bond acceptors (Lipinski definition) is 5. The normalized spacial score (nSPS) is 11.6. The number of aromatic carboxylic acids is 1. The molecule has 0 aliphatic rings. The number of anilines is 1. The van der Waals surface area contributed by atoms with Gasteiger partial charge < -0.3 is 9.67 Å². The number of sulfonamides is 1. The average Bonchev–Trinajstić information content (AvgIpc) is 2.87. The maximum atomic E-state index is 12.5. The van der Waals surface area contributed by atoms with E-state index in [9.17, 15) is 18.3 Å². The molecule has 1 aromatic carbocycles. The maximum absolute atomic E-state index is 12.5. The highest BCUT2D eigenvalue weighted by atomic mass is 35.5. The molecule has 0 unspecified atom stereocenters. The lowest BCUT2D eigenvalue weighted by Gasteiger charge is -2.10. The number of fused-ring (bicyclic) bond motifs is 1. The highest BCUT2D eigenvalue weighted by molar-refractivity contribution is 7.92. The van der Waals surface area contributed by atoms with E-state index >= 15 is 0 Å². The van der Waals surface area contributed by atoms with Crippen LogP contribution >= 0.6 is 11.6 Å². The summed E-state index contributed by atoms with van der Waals surface area (Å²) >= 11 is 5.77. The summed E-state index contributed by atoms with van der Waals surface area (Å²) in [6.45, 7) is 0. The third-order valence-corrected chi connectivity index (χ3v) is 4.86. The maximum Gasteiger partial charge on any atom is 0.335 e. The van der Waals surface area contributed by atoms with Gasteiger partial charge in [-0.15, -0.1) is 0 Å². The third kappa shape index (κ3) is 2.91. The Labute approximate surface area is 141 Å². The van der Waals surface area contributed by atoms with Crippen LogP contribution in [0.3, 0.4) is 0 Å². The van der Waals surface area contributed by atoms with Crippen LogP contribution in [0.1, 0.15) is 10.4 Å². The Bertz CT molecular complexity index is 1040. The van der Waals surface area contributed by atoms with Gasteiger partial charge in [-0.1, -0.05) is 6.07 Å². The summed E-state index contributed by atoms with van der Waals surface area (Å²) in [5, 5.41) is 9.42. The highest BCUT2D eigenvalue weighted by Crippen LogP contribution is 2.26. The Kier molecular flexibility index (Phi) is 3.90. The summed E-state index contributed by atoms with van der Waals surface area (Å²) in [5.41, 5.74) is 0.313. The zero-order valence-electron chi connectivity index (χ0n) is 12.3. The van der Waals surface area contributed by atoms with Crippen LogP contribution in [0, 0.1) is 0 Å². The van der Waals surface area contributed by atoms with Crippen molar-refractivity contribution in [3.63, 3.8) is 0 Å². The zero-order chi connectivity index (χ0) is 17.5. The number of carbonyl (C=O) groups is 1. The van der Waals surface area contributed by atoms with Gasteiger partial charge in [-0.25, -0.2) is 9.78 Å². The van der Waals surface area contributed by atoms with Gasteiger partial charge in [0.2, 0.25) is 5.28 Å². The van der Waals surface area contributed by atoms with Crippen molar-refractivity contribution in [2.75, 3.05) is 4.72 Å². The molecule has 0 saturated heterocycles. The largest absolute Gasteiger partial charge is 0.478 e. The van der Waals surface area contributed by atoms with Crippen LogP contribution in [0.5, 0.6) is 0 Å². The minimum Gasteiger partial charge on any atom is -0.478 e. The predicted molar refractivity (Wildman–Crippen MR) is 87.7 cm³/mol. The van der Waals surface area contributed by atoms with E-state index < -0.39 is 16.0 Å². The molecule has 0 aliphatic heterocycles. The van der Waals surface area contributed by atoms with E-state index in [1.165, 1.54) is 29.1 Å². The highest BCUT2D eigenvalue weighted by Gasteiger charge is 2.21. The van der Waals surface area contributed by atoms with Crippen LogP contribution in [-0.2, 0) is 17.1 Å². The quantitative estimate of drug-likeness (QED) is 0.731. The summed E-state index contributed by atoms with van der Waals surface area (Å²) in [5.74, 6) is -1.18. The van der Waals surface area contributed by atoms with Crippen molar-refractivity contribution in [1.29, 1.82) is 0 Å². The van der Waals surface area contributed by atoms with Gasteiger partial charge in [0.05, 0.1) is 16.8 Å². The van der Waals surface area contributed by atoms with Crippen molar-refractivity contribution in [3.8, 4) is 0 Å². The minimum atomic E-state index is -4.05. The molecule has 3 aromatic rings. The Morgan fingerprint density at radius 3 is 2.75 bits per heavy atom. The molecule has 0 fully saturated rings. The van der Waals surface area contributed by atoms with E-state index in [1.807, 2.05) is 0 Å². The fourth-order valence-electron chi connectivity index (χ4n) is 2.14. The standard InChI is InChI=1S/C14H11ClN4O4S/c1-19-7-11(17-14(19)15)24(22,23)18-10-6-9(13(20)21)5-8-3-2-4-16-12(8)10/h2-7,18H,1H3,(H,20,21). The van der Waals surface area contributed by atoms with Crippen molar-refractivity contribution in [3.05, 3.63) is 47.5 Å². The van der Waals surface area contributed by atoms with Crippen molar-refractivity contribution < 1.29 is 18.3 Å². The second-order valence-electron chi connectivity index (χ2n) is 4.97. The number of halogens is 1. The molecule has 0 bridgehead atoms. The fourth-order valence-corrected chi connectivity index (χ4v) is 3.38. The molecule has 2 heterocycles. The lowest BCUT2D eigenvalue weighted by atomic mass is 10.1. The number of rotatable bonds is 4. The Hall–Kier alpha value is -2.65. The Morgan fingerprint density at radius 1 is 1.38 bits per heavy atom. The number of imidazole rings is 1. The Balaban J connectivity index is 2.13. The van der Waals surface area contributed by atoms with E-state index in [0.717, 1.165) is 0 Å². The van der Waals surface area contributed by atoms with Crippen molar-refractivity contribution in [2.24, 2.45) is 7.05 Å². The molecule has 0 saturated carbocycles. The molecule has 8 nitrogen and oxygen atoms in total. The van der Waals surface area contributed by atoms with Gasteiger partial charge in [0.15, 0.2) is 5.03 Å². The molecule has 24 heavy (non-hydrogen) atoms. The first kappa shape index (κ1) is 16.2. The van der Waals surface area contributed by atoms with Crippen LogP contribution in [0.25, 0.3) is 10.9 Å². The first-order valence-electron chi connectivity index (χ1n) is 6.62. The number of nitrogens with one attached hydrogen (secondary N) is 1. The summed E-state index contributed by atoms with van der Waals surface area (Å²) in [6, 6.07) is 5.90. The van der Waals surface area contributed by atoms with Gasteiger partial charge in [0, 0.05) is 24.8 Å². The van der Waals surface area contributed by atoms with E-state index in [-0.39, 0.29) is 21.6 Å². The van der Waals surface area contributed by atoms with Gasteiger partial charge in [-0.05, 0) is 29.8 Å². The van der Waals surface area contributed by atoms with Crippen LogP contribution in [0.2, 0.25) is 5.28 Å². The second-order valence-corrected chi connectivity index (χ2v) is 6.94. The molecule has 0 aliphatic carbocycles. The van der Waals surface area contributed by atoms with E-state index in [4.69, 9.17) is 11.6 Å². The molecular weight excluding hydrogens is 356 g/mol. The smallest absolute Gasteiger partial charge is 0.335 e. The molecule has 0 amide bonds. The minimum absolute atomic E-state index is 0.0117. The van der Waals surface area contributed by atoms with Crippen LogP contribution in [0.4, 0.5) is 5.69 Å². The van der Waals surface area contributed by atoms with Crippen molar-refractivity contribution >= 4 is 44.2 Å². The Morgan fingerprint density at radius 2 is 2.12 bits per heavy atom. The first-order valence-corrected chi connectivity index (χ1v) is 8.48. The number of aromatic nitrogens is 3. The number of hydrogen-bond donors (Lipinski definition) is 2. The number of pyridine rings is 1. The molecule has 3 rings (SSSR count). The molecule has 2 N–H and O–H groups in total. The molecule has 0 atom stereocenters. The fraction of sp³-hybridized carbons (Fsp3) is 0.0714. The molecule has 124 valence electrons. The predicted octanol–water partition coefficient (Wildman–Crippen LogP) is 2.12. The number of carboxylic acid groups (broad SMARTS) is 1. The SMILES string of the molecule is Cn1cc(S(=O)(=O)Nc2cc(C(=O)O)cc3cccnc23)nc1Cl. The van der Waals surface area contributed by atoms with Gasteiger partial charge in [-0.2, -0.15) is 8.42 Å². The molecule has 0 radical (unpaired) electrons. The van der Waals surface area contributed by atoms with Crippen molar-refractivity contribution in [2.45, 2.75) is 5.03 Å². The number of benzene rings is 1. The van der Waals surface area contributed by atoms with E-state index in [0.29, 0.717) is 10.9 Å². The number of aryl methyl sites for hydroxylation is 1. The molecular formula is C14H11ClN4O4S. The molecule has 10 heteroatoms. The second kappa shape index (κ2) is 5.77. The van der Waals surface area contributed by atoms with Gasteiger partial charge in [0.25, 0.3) is 10.0 Å². The van der Waals surface area contributed by atoms with Gasteiger partial charge >= 0.3 is 5.97 Å². The molecule has 0 spiro atoms. The van der Waals surface area contributed by atoms with Gasteiger partial charge in [-0.3, -0.25) is 9.71 Å². The molecule has 2 aromatic heterocycles. The topological polar surface area (TPSA) is 114 Å². The summed E-state index contributed by atoms with van der Waals surface area (Å²) in [6.07, 6.45) is 2.74. The third-order valence-electron chi connectivity index (χ3n) is 3.27. The summed E-state index contributed by atoms with van der Waals surface area (Å²) in [4.78, 5) is 19.1. The van der Waals surface area contributed by atoms with Crippen LogP contribution in [0.15, 0.2) is 41.7 Å². The first-order chi connectivity index (χ1) is 11.3. The number of nitrogens with zero attached hydrogens (tertiary/aromatic N) is 3. The zero-order valence-corrected chi connectivity index (χ0v) is 13.8.